The van der Waals surface area contributed by atoms with Crippen LogP contribution in [0.3, 0.4) is 0 Å². The molecule has 3 fully saturated rings. The first kappa shape index (κ1) is 21.8. The lowest BCUT2D eigenvalue weighted by Gasteiger charge is -2.43. The molecule has 0 radical (unpaired) electrons. The second-order valence-electron chi connectivity index (χ2n) is 10.3. The molecular weight excluding hydrogens is 348 g/mol. The Hall–Kier alpha value is -0.900. The van der Waals surface area contributed by atoms with Crippen LogP contribution in [0.5, 0.6) is 0 Å². The van der Waals surface area contributed by atoms with Crippen molar-refractivity contribution in [1.82, 2.24) is 10.6 Å². The van der Waals surface area contributed by atoms with Gasteiger partial charge in [0.05, 0.1) is 0 Å². The smallest absolute Gasteiger partial charge is 0.223 e. The molecule has 0 bridgehead atoms. The molecule has 3 aliphatic carbocycles. The number of nitrogens with one attached hydrogen (secondary N) is 2. The van der Waals surface area contributed by atoms with Crippen molar-refractivity contribution in [3.63, 3.8) is 0 Å². The van der Waals surface area contributed by atoms with Gasteiger partial charge in [-0.15, -0.1) is 0 Å². The molecule has 1 amide bonds. The predicted octanol–water partition coefficient (Wildman–Crippen LogP) is 4.33. The van der Waals surface area contributed by atoms with Gasteiger partial charge in [-0.2, -0.15) is 0 Å². The maximum absolute atomic E-state index is 12.8. The van der Waals surface area contributed by atoms with Crippen LogP contribution in [0.4, 0.5) is 0 Å². The second-order valence-corrected chi connectivity index (χ2v) is 10.3. The highest BCUT2D eigenvalue weighted by Crippen LogP contribution is 2.42. The number of hydrogen-bond donors (Lipinski definition) is 2. The van der Waals surface area contributed by atoms with E-state index in [0.717, 1.165) is 49.9 Å². The van der Waals surface area contributed by atoms with E-state index in [1.165, 1.54) is 32.1 Å². The Morgan fingerprint density at radius 1 is 0.750 bits per heavy atom. The highest BCUT2D eigenvalue weighted by molar-refractivity contribution is 5.82. The van der Waals surface area contributed by atoms with Gasteiger partial charge >= 0.3 is 0 Å². The zero-order chi connectivity index (χ0) is 20.3. The van der Waals surface area contributed by atoms with Gasteiger partial charge in [0.25, 0.3) is 0 Å². The molecule has 0 aromatic rings. The molecule has 8 unspecified atom stereocenters. The monoisotopic (exact) mass is 390 g/mol. The lowest BCUT2D eigenvalue weighted by molar-refractivity contribution is -0.129. The van der Waals surface area contributed by atoms with Crippen LogP contribution >= 0.6 is 0 Å². The third-order valence-corrected chi connectivity index (χ3v) is 8.40. The minimum absolute atomic E-state index is 0.0465. The highest BCUT2D eigenvalue weighted by atomic mass is 16.2. The van der Waals surface area contributed by atoms with Gasteiger partial charge in [-0.1, -0.05) is 20.3 Å². The summed E-state index contributed by atoms with van der Waals surface area (Å²) in [5, 5.41) is 6.87. The van der Waals surface area contributed by atoms with Gasteiger partial charge in [0, 0.05) is 23.9 Å². The van der Waals surface area contributed by atoms with Crippen molar-refractivity contribution in [2.24, 2.45) is 35.5 Å². The molecule has 8 atom stereocenters. The Balaban J connectivity index is 1.48. The van der Waals surface area contributed by atoms with Crippen LogP contribution in [0, 0.1) is 35.5 Å². The number of ketones is 1. The SMILES string of the molecule is CNC1CCC(C2CCC(NC(=O)C3CCCC(C(C)=O)C3)C(C)C2)CC1C. The summed E-state index contributed by atoms with van der Waals surface area (Å²) in [5.74, 6) is 3.66. The van der Waals surface area contributed by atoms with E-state index in [2.05, 4.69) is 31.5 Å². The van der Waals surface area contributed by atoms with Gasteiger partial charge in [-0.3, -0.25) is 9.59 Å². The summed E-state index contributed by atoms with van der Waals surface area (Å²) in [6, 6.07) is 1.02. The third-order valence-electron chi connectivity index (χ3n) is 8.40. The van der Waals surface area contributed by atoms with Crippen molar-refractivity contribution in [3.05, 3.63) is 0 Å². The summed E-state index contributed by atoms with van der Waals surface area (Å²) in [4.78, 5) is 24.6. The molecule has 0 heterocycles. The topological polar surface area (TPSA) is 58.2 Å². The first-order valence-electron chi connectivity index (χ1n) is 11.9. The first-order valence-corrected chi connectivity index (χ1v) is 11.9. The van der Waals surface area contributed by atoms with Crippen molar-refractivity contribution < 1.29 is 9.59 Å². The van der Waals surface area contributed by atoms with Crippen molar-refractivity contribution in [2.45, 2.75) is 97.1 Å². The normalized spacial score (nSPS) is 42.0. The zero-order valence-electron chi connectivity index (χ0n) is 18.5. The summed E-state index contributed by atoms with van der Waals surface area (Å²) in [6.45, 7) is 6.42. The Bertz CT molecular complexity index is 549. The van der Waals surface area contributed by atoms with Gasteiger partial charge < -0.3 is 10.6 Å². The van der Waals surface area contributed by atoms with Crippen molar-refractivity contribution >= 4 is 11.7 Å². The predicted molar refractivity (Wildman–Crippen MR) is 114 cm³/mol. The van der Waals surface area contributed by atoms with Gasteiger partial charge in [-0.25, -0.2) is 0 Å². The fourth-order valence-corrected chi connectivity index (χ4v) is 6.47. The highest BCUT2D eigenvalue weighted by Gasteiger charge is 2.37. The largest absolute Gasteiger partial charge is 0.353 e. The lowest BCUT2D eigenvalue weighted by Crippen LogP contribution is -2.47. The molecule has 3 rings (SSSR count). The van der Waals surface area contributed by atoms with E-state index in [0.29, 0.717) is 18.0 Å². The van der Waals surface area contributed by atoms with E-state index < -0.39 is 0 Å². The molecule has 4 heteroatoms. The Labute approximate surface area is 172 Å². The second kappa shape index (κ2) is 9.73. The fourth-order valence-electron chi connectivity index (χ4n) is 6.47. The summed E-state index contributed by atoms with van der Waals surface area (Å²) in [6.07, 6.45) is 11.4. The van der Waals surface area contributed by atoms with Crippen LogP contribution in [0.15, 0.2) is 0 Å². The maximum Gasteiger partial charge on any atom is 0.223 e. The third kappa shape index (κ3) is 5.17. The lowest BCUT2D eigenvalue weighted by atomic mass is 9.66. The molecule has 3 saturated carbocycles. The van der Waals surface area contributed by atoms with Crippen LogP contribution in [0.2, 0.25) is 0 Å². The van der Waals surface area contributed by atoms with Gasteiger partial charge in [0.2, 0.25) is 5.91 Å². The Morgan fingerprint density at radius 3 is 1.86 bits per heavy atom. The summed E-state index contributed by atoms with van der Waals surface area (Å²) in [5.41, 5.74) is 0. The molecular formula is C24H42N2O2. The van der Waals surface area contributed by atoms with Gasteiger partial charge in [0.15, 0.2) is 0 Å². The van der Waals surface area contributed by atoms with E-state index in [-0.39, 0.29) is 23.5 Å². The van der Waals surface area contributed by atoms with Crippen LogP contribution in [-0.4, -0.2) is 30.8 Å². The summed E-state index contributed by atoms with van der Waals surface area (Å²) < 4.78 is 0. The van der Waals surface area contributed by atoms with Crippen LogP contribution in [-0.2, 0) is 9.59 Å². The fraction of sp³-hybridized carbons (Fsp3) is 0.917. The molecule has 28 heavy (non-hydrogen) atoms. The molecule has 160 valence electrons. The molecule has 3 aliphatic rings. The average molecular weight is 391 g/mol. The van der Waals surface area contributed by atoms with E-state index in [9.17, 15) is 9.59 Å². The summed E-state index contributed by atoms with van der Waals surface area (Å²) >= 11 is 0. The van der Waals surface area contributed by atoms with Crippen LogP contribution in [0.1, 0.15) is 85.0 Å². The number of amides is 1. The quantitative estimate of drug-likeness (QED) is 0.735. The minimum atomic E-state index is 0.0465. The maximum atomic E-state index is 12.8. The van der Waals surface area contributed by atoms with Gasteiger partial charge in [-0.05, 0) is 95.4 Å². The molecule has 0 aromatic heterocycles. The van der Waals surface area contributed by atoms with Crippen LogP contribution < -0.4 is 10.6 Å². The molecule has 0 spiro atoms. The Kier molecular flexibility index (Phi) is 7.58. The minimum Gasteiger partial charge on any atom is -0.353 e. The average Bonchev–Trinajstić information content (AvgIpc) is 2.69. The van der Waals surface area contributed by atoms with E-state index in [4.69, 9.17) is 0 Å². The number of hydrogen-bond acceptors (Lipinski definition) is 3. The van der Waals surface area contributed by atoms with Crippen molar-refractivity contribution in [3.8, 4) is 0 Å². The standard InChI is InChI=1S/C24H42N2O2/c1-15-12-19(8-10-22(15)25-4)20-9-11-23(16(2)13-20)26-24(28)21-7-5-6-18(14-21)17(3)27/h15-16,18-23,25H,5-14H2,1-4H3,(H,26,28). The van der Waals surface area contributed by atoms with Gasteiger partial charge in [0.1, 0.15) is 5.78 Å². The van der Waals surface area contributed by atoms with E-state index in [1.54, 1.807) is 6.92 Å². The number of Topliss-reactive ketones (excluding diaryl/α,β-unsaturated/α-hetero) is 1. The molecule has 0 aromatic carbocycles. The summed E-state index contributed by atoms with van der Waals surface area (Å²) in [7, 11) is 2.10. The van der Waals surface area contributed by atoms with E-state index in [1.807, 2.05) is 0 Å². The van der Waals surface area contributed by atoms with E-state index >= 15 is 0 Å². The number of rotatable bonds is 5. The molecule has 0 aliphatic heterocycles. The first-order chi connectivity index (χ1) is 13.4. The number of carbonyl (C=O) groups excluding carboxylic acids is 2. The molecule has 0 saturated heterocycles. The molecule has 4 nitrogen and oxygen atoms in total. The van der Waals surface area contributed by atoms with Crippen molar-refractivity contribution in [1.29, 1.82) is 0 Å². The Morgan fingerprint density at radius 2 is 1.32 bits per heavy atom. The van der Waals surface area contributed by atoms with Crippen molar-refractivity contribution in [2.75, 3.05) is 7.05 Å². The van der Waals surface area contributed by atoms with Crippen LogP contribution in [0.25, 0.3) is 0 Å². The number of carbonyl (C=O) groups is 2. The zero-order valence-corrected chi connectivity index (χ0v) is 18.5. The molecule has 2 N–H and O–H groups in total.